The van der Waals surface area contributed by atoms with Gasteiger partial charge in [-0.2, -0.15) is 0 Å². The quantitative estimate of drug-likeness (QED) is 0.564. The fraction of sp³-hybridized carbons (Fsp3) is 0.118. The summed E-state index contributed by atoms with van der Waals surface area (Å²) in [6, 6.07) is 15.6. The van der Waals surface area contributed by atoms with E-state index in [4.69, 9.17) is 0 Å². The van der Waals surface area contributed by atoms with Crippen molar-refractivity contribution in [2.24, 2.45) is 0 Å². The molecule has 0 aliphatic rings. The fourth-order valence-electron chi connectivity index (χ4n) is 1.86. The van der Waals surface area contributed by atoms with Crippen LogP contribution in [0.25, 0.3) is 0 Å². The number of anilines is 2. The molecular formula is C17H17N3O3. The number of ketones is 1. The number of carbonyl (C=O) groups excluding carboxylic acids is 3. The first kappa shape index (κ1) is 16.2. The number of hydrogen-bond donors (Lipinski definition) is 3. The molecule has 2 amide bonds. The molecule has 0 bridgehead atoms. The van der Waals surface area contributed by atoms with Gasteiger partial charge in [0.25, 0.3) is 5.91 Å². The smallest absolute Gasteiger partial charge is 0.269 e. The molecule has 3 N–H and O–H groups in total. The van der Waals surface area contributed by atoms with Crippen LogP contribution in [-0.4, -0.2) is 17.6 Å². The highest BCUT2D eigenvalue weighted by molar-refractivity contribution is 6.03. The van der Waals surface area contributed by atoms with E-state index in [1.54, 1.807) is 24.3 Å². The van der Waals surface area contributed by atoms with Crippen LogP contribution >= 0.6 is 0 Å². The molecule has 0 unspecified atom stereocenters. The van der Waals surface area contributed by atoms with Crippen LogP contribution in [0.5, 0.6) is 0 Å². The number of carbonyl (C=O) groups is 3. The summed E-state index contributed by atoms with van der Waals surface area (Å²) in [5, 5.41) is 2.59. The third-order valence-electron chi connectivity index (χ3n) is 2.93. The summed E-state index contributed by atoms with van der Waals surface area (Å²) < 4.78 is 0. The molecule has 6 nitrogen and oxygen atoms in total. The van der Waals surface area contributed by atoms with Crippen LogP contribution in [-0.2, 0) is 9.59 Å². The van der Waals surface area contributed by atoms with E-state index in [-0.39, 0.29) is 24.0 Å². The average Bonchev–Trinajstić information content (AvgIpc) is 2.53. The van der Waals surface area contributed by atoms with Crippen LogP contribution in [0.15, 0.2) is 54.6 Å². The highest BCUT2D eigenvalue weighted by atomic mass is 16.2. The Morgan fingerprint density at radius 3 is 2.13 bits per heavy atom. The fourth-order valence-corrected chi connectivity index (χ4v) is 1.86. The molecule has 2 aromatic rings. The van der Waals surface area contributed by atoms with Crippen LogP contribution in [0.2, 0.25) is 0 Å². The average molecular weight is 311 g/mol. The van der Waals surface area contributed by atoms with E-state index in [1.165, 1.54) is 6.92 Å². The minimum absolute atomic E-state index is 0.163. The van der Waals surface area contributed by atoms with Crippen LogP contribution in [0.1, 0.15) is 23.7 Å². The normalized spacial score (nSPS) is 9.78. The summed E-state index contributed by atoms with van der Waals surface area (Å²) in [4.78, 5) is 34.3. The van der Waals surface area contributed by atoms with Crippen LogP contribution in [0.3, 0.4) is 0 Å². The predicted molar refractivity (Wildman–Crippen MR) is 87.9 cm³/mol. The summed E-state index contributed by atoms with van der Waals surface area (Å²) in [6.45, 7) is 1.35. The number of rotatable bonds is 6. The molecule has 6 heteroatoms. The van der Waals surface area contributed by atoms with Crippen molar-refractivity contribution in [1.82, 2.24) is 5.43 Å². The van der Waals surface area contributed by atoms with Gasteiger partial charge in [-0.1, -0.05) is 18.2 Å². The third-order valence-corrected chi connectivity index (χ3v) is 2.93. The molecule has 118 valence electrons. The lowest BCUT2D eigenvalue weighted by Gasteiger charge is -2.09. The second-order valence-corrected chi connectivity index (χ2v) is 4.95. The minimum atomic E-state index is -0.375. The van der Waals surface area contributed by atoms with Crippen molar-refractivity contribution in [2.75, 3.05) is 10.7 Å². The summed E-state index contributed by atoms with van der Waals surface area (Å²) >= 11 is 0. The number of Topliss-reactive ketones (excluding diaryl/α,β-unsaturated/α-hetero) is 1. The number of para-hydroxylation sites is 1. The lowest BCUT2D eigenvalue weighted by molar-refractivity contribution is -0.124. The number of hydrazine groups is 1. The van der Waals surface area contributed by atoms with E-state index in [0.29, 0.717) is 11.3 Å². The number of amides is 2. The van der Waals surface area contributed by atoms with Gasteiger partial charge in [0.15, 0.2) is 0 Å². The number of hydrogen-bond acceptors (Lipinski definition) is 4. The van der Waals surface area contributed by atoms with E-state index >= 15 is 0 Å². The molecule has 23 heavy (non-hydrogen) atoms. The summed E-state index contributed by atoms with van der Waals surface area (Å²) in [5.41, 5.74) is 7.13. The second kappa shape index (κ2) is 7.74. The SMILES string of the molecule is CC(=O)CC(=O)Nc1ccc(C(=O)NNc2ccccc2)cc1. The zero-order chi connectivity index (χ0) is 16.7. The van der Waals surface area contributed by atoms with Crippen molar-refractivity contribution in [2.45, 2.75) is 13.3 Å². The zero-order valence-electron chi connectivity index (χ0n) is 12.6. The Bertz CT molecular complexity index is 697. The largest absolute Gasteiger partial charge is 0.326 e. The Kier molecular flexibility index (Phi) is 5.46. The van der Waals surface area contributed by atoms with E-state index in [2.05, 4.69) is 16.2 Å². The topological polar surface area (TPSA) is 87.3 Å². The van der Waals surface area contributed by atoms with E-state index in [9.17, 15) is 14.4 Å². The summed E-state index contributed by atoms with van der Waals surface area (Å²) in [6.07, 6.45) is -0.163. The molecule has 0 heterocycles. The Labute approximate surface area is 133 Å². The maximum Gasteiger partial charge on any atom is 0.269 e. The van der Waals surface area contributed by atoms with Gasteiger partial charge < -0.3 is 5.32 Å². The first-order valence-electron chi connectivity index (χ1n) is 7.05. The van der Waals surface area contributed by atoms with Crippen molar-refractivity contribution in [3.8, 4) is 0 Å². The first-order valence-corrected chi connectivity index (χ1v) is 7.05. The van der Waals surface area contributed by atoms with Gasteiger partial charge in [-0.25, -0.2) is 0 Å². The zero-order valence-corrected chi connectivity index (χ0v) is 12.6. The van der Waals surface area contributed by atoms with E-state index in [1.807, 2.05) is 30.3 Å². The number of benzene rings is 2. The van der Waals surface area contributed by atoms with Crippen LogP contribution in [0, 0.1) is 0 Å². The molecule has 0 aliphatic heterocycles. The predicted octanol–water partition coefficient (Wildman–Crippen LogP) is 2.36. The molecule has 0 atom stereocenters. The van der Waals surface area contributed by atoms with Crippen LogP contribution < -0.4 is 16.2 Å². The minimum Gasteiger partial charge on any atom is -0.326 e. The maximum absolute atomic E-state index is 12.0. The molecule has 0 fully saturated rings. The lowest BCUT2D eigenvalue weighted by atomic mass is 10.2. The van der Waals surface area contributed by atoms with Crippen molar-refractivity contribution < 1.29 is 14.4 Å². The molecule has 0 radical (unpaired) electrons. The highest BCUT2D eigenvalue weighted by Gasteiger charge is 2.07. The summed E-state index contributed by atoms with van der Waals surface area (Å²) in [5.74, 6) is -0.874. The van der Waals surface area contributed by atoms with Crippen LogP contribution in [0.4, 0.5) is 11.4 Å². The molecule has 0 aliphatic carbocycles. The Balaban J connectivity index is 1.89. The van der Waals surface area contributed by atoms with Gasteiger partial charge in [0.2, 0.25) is 5.91 Å². The van der Waals surface area contributed by atoms with Gasteiger partial charge in [-0.3, -0.25) is 25.2 Å². The lowest BCUT2D eigenvalue weighted by Crippen LogP contribution is -2.29. The molecule has 0 saturated heterocycles. The third kappa shape index (κ3) is 5.28. The number of nitrogens with one attached hydrogen (secondary N) is 3. The molecule has 2 rings (SSSR count). The summed E-state index contributed by atoms with van der Waals surface area (Å²) in [7, 11) is 0. The highest BCUT2D eigenvalue weighted by Crippen LogP contribution is 2.10. The first-order chi connectivity index (χ1) is 11.0. The van der Waals surface area contributed by atoms with Gasteiger partial charge in [0.05, 0.1) is 12.1 Å². The Morgan fingerprint density at radius 2 is 1.52 bits per heavy atom. The van der Waals surface area contributed by atoms with Gasteiger partial charge in [0, 0.05) is 11.3 Å². The molecule has 0 saturated carbocycles. The van der Waals surface area contributed by atoms with Gasteiger partial charge in [0.1, 0.15) is 5.78 Å². The maximum atomic E-state index is 12.0. The van der Waals surface area contributed by atoms with Gasteiger partial charge in [-0.15, -0.1) is 0 Å². The van der Waals surface area contributed by atoms with E-state index < -0.39 is 0 Å². The van der Waals surface area contributed by atoms with Gasteiger partial charge in [-0.05, 0) is 43.3 Å². The molecule has 0 aromatic heterocycles. The second-order valence-electron chi connectivity index (χ2n) is 4.95. The van der Waals surface area contributed by atoms with Crippen molar-refractivity contribution in [3.05, 3.63) is 60.2 Å². The standard InChI is InChI=1S/C17H17N3O3/c1-12(21)11-16(22)18-14-9-7-13(8-10-14)17(23)20-19-15-5-3-2-4-6-15/h2-10,19H,11H2,1H3,(H,18,22)(H,20,23). The molecule has 2 aromatic carbocycles. The van der Waals surface area contributed by atoms with E-state index in [0.717, 1.165) is 5.69 Å². The van der Waals surface area contributed by atoms with Crippen molar-refractivity contribution in [1.29, 1.82) is 0 Å². The Morgan fingerprint density at radius 1 is 0.870 bits per heavy atom. The van der Waals surface area contributed by atoms with Gasteiger partial charge >= 0.3 is 0 Å². The molecular weight excluding hydrogens is 294 g/mol. The monoisotopic (exact) mass is 311 g/mol. The van der Waals surface area contributed by atoms with Crippen molar-refractivity contribution in [3.63, 3.8) is 0 Å². The van der Waals surface area contributed by atoms with Crippen molar-refractivity contribution >= 4 is 29.0 Å². The molecule has 0 spiro atoms. The Hall–Kier alpha value is -3.15.